The number of nitrogens with one attached hydrogen (secondary N) is 3. The van der Waals surface area contributed by atoms with Gasteiger partial charge in [-0.15, -0.1) is 11.3 Å². The standard InChI is InChI=1S/C27H25Cl2FN4O5S/c1-26(2,3)10-17-27(14-8-7-12(28)9-16(14)31-23(27)36)19(13-5-4-6-15(29)20(13)30)21(32-17)22(35)34-24-33-18(11-40-24)39-25(37)38/h4-9,11,17,19,21,32H,10H2,1-3H3,(H,31,36)(H,37,38)(H,33,34,35)/t17-,19-,21+,27+/m0/s1. The zero-order valence-corrected chi connectivity index (χ0v) is 23.9. The van der Waals surface area contributed by atoms with Gasteiger partial charge in [0.1, 0.15) is 11.2 Å². The Morgan fingerprint density at radius 1 is 1.25 bits per heavy atom. The molecule has 1 saturated heterocycles. The summed E-state index contributed by atoms with van der Waals surface area (Å²) in [4.78, 5) is 42.8. The number of benzene rings is 2. The normalized spacial score (nSPS) is 23.6. The zero-order valence-electron chi connectivity index (χ0n) is 21.6. The van der Waals surface area contributed by atoms with Gasteiger partial charge in [-0.25, -0.2) is 9.18 Å². The summed E-state index contributed by atoms with van der Waals surface area (Å²) in [5.74, 6) is -2.95. The van der Waals surface area contributed by atoms with Crippen LogP contribution in [0.5, 0.6) is 5.88 Å². The number of hydrogen-bond acceptors (Lipinski definition) is 7. The Morgan fingerprint density at radius 3 is 2.70 bits per heavy atom. The summed E-state index contributed by atoms with van der Waals surface area (Å²) in [6.07, 6.45) is -1.09. The van der Waals surface area contributed by atoms with E-state index in [1.807, 2.05) is 20.8 Å². The third-order valence-electron chi connectivity index (χ3n) is 7.13. The molecule has 5 rings (SSSR count). The number of anilines is 2. The van der Waals surface area contributed by atoms with Crippen LogP contribution in [0.3, 0.4) is 0 Å². The molecule has 2 aliphatic heterocycles. The Kier molecular flexibility index (Phi) is 7.28. The largest absolute Gasteiger partial charge is 0.512 e. The summed E-state index contributed by atoms with van der Waals surface area (Å²) in [5, 5.41) is 19.5. The average Bonchev–Trinajstić information content (AvgIpc) is 3.50. The first-order valence-corrected chi connectivity index (χ1v) is 13.9. The van der Waals surface area contributed by atoms with Crippen LogP contribution in [-0.2, 0) is 15.0 Å². The molecule has 4 atom stereocenters. The van der Waals surface area contributed by atoms with Crippen LogP contribution >= 0.6 is 34.5 Å². The number of thiazole rings is 1. The van der Waals surface area contributed by atoms with Crippen molar-refractivity contribution in [2.75, 3.05) is 10.6 Å². The molecule has 13 heteroatoms. The van der Waals surface area contributed by atoms with Crippen LogP contribution in [0, 0.1) is 11.2 Å². The van der Waals surface area contributed by atoms with E-state index in [-0.39, 0.29) is 27.0 Å². The van der Waals surface area contributed by atoms with Crippen LogP contribution in [0.1, 0.15) is 44.2 Å². The van der Waals surface area contributed by atoms with Gasteiger partial charge in [-0.1, -0.05) is 62.2 Å². The van der Waals surface area contributed by atoms with Crippen molar-refractivity contribution >= 4 is 63.3 Å². The number of carbonyl (C=O) groups is 3. The lowest BCUT2D eigenvalue weighted by molar-refractivity contribution is -0.122. The highest BCUT2D eigenvalue weighted by Gasteiger charge is 2.66. The molecule has 1 spiro atoms. The molecule has 9 nitrogen and oxygen atoms in total. The van der Waals surface area contributed by atoms with E-state index >= 15 is 4.39 Å². The lowest BCUT2D eigenvalue weighted by Crippen LogP contribution is -2.49. The highest BCUT2D eigenvalue weighted by atomic mass is 35.5. The van der Waals surface area contributed by atoms with Crippen molar-refractivity contribution in [3.63, 3.8) is 0 Å². The maximum Gasteiger partial charge on any atom is 0.512 e. The van der Waals surface area contributed by atoms with E-state index in [1.165, 1.54) is 17.5 Å². The summed E-state index contributed by atoms with van der Waals surface area (Å²) >= 11 is 13.4. The number of amides is 2. The van der Waals surface area contributed by atoms with Gasteiger partial charge in [-0.05, 0) is 41.2 Å². The summed E-state index contributed by atoms with van der Waals surface area (Å²) in [7, 11) is 0. The minimum Gasteiger partial charge on any atom is -0.449 e. The van der Waals surface area contributed by atoms with Crippen LogP contribution in [0.25, 0.3) is 0 Å². The maximum absolute atomic E-state index is 15.8. The predicted molar refractivity (Wildman–Crippen MR) is 150 cm³/mol. The molecule has 2 amide bonds. The first-order chi connectivity index (χ1) is 18.8. The fourth-order valence-electron chi connectivity index (χ4n) is 5.79. The molecule has 3 aromatic rings. The minimum absolute atomic E-state index is 0.0738. The lowest BCUT2D eigenvalue weighted by atomic mass is 9.62. The van der Waals surface area contributed by atoms with E-state index in [1.54, 1.807) is 24.3 Å². The number of rotatable bonds is 5. The van der Waals surface area contributed by atoms with Gasteiger partial charge in [0.2, 0.25) is 17.7 Å². The van der Waals surface area contributed by atoms with Gasteiger partial charge in [0, 0.05) is 22.7 Å². The van der Waals surface area contributed by atoms with E-state index in [2.05, 4.69) is 25.7 Å². The zero-order chi connectivity index (χ0) is 29.0. The third-order valence-corrected chi connectivity index (χ3v) is 8.39. The molecular formula is C27H25Cl2FN4O5S. The Balaban J connectivity index is 1.67. The molecule has 0 unspecified atom stereocenters. The maximum atomic E-state index is 15.8. The predicted octanol–water partition coefficient (Wildman–Crippen LogP) is 6.03. The van der Waals surface area contributed by atoms with Crippen molar-refractivity contribution in [1.29, 1.82) is 0 Å². The number of carboxylic acid groups (broad SMARTS) is 1. The Morgan fingerprint density at radius 2 is 2.00 bits per heavy atom. The Hall–Kier alpha value is -3.25. The number of aromatic nitrogens is 1. The van der Waals surface area contributed by atoms with Gasteiger partial charge in [-0.3, -0.25) is 9.59 Å². The van der Waals surface area contributed by atoms with Gasteiger partial charge in [0.05, 0.1) is 16.4 Å². The fraction of sp³-hybridized carbons (Fsp3) is 0.333. The second-order valence-electron chi connectivity index (χ2n) is 10.9. The molecular weight excluding hydrogens is 582 g/mol. The van der Waals surface area contributed by atoms with Gasteiger partial charge < -0.3 is 25.8 Å². The topological polar surface area (TPSA) is 130 Å². The first kappa shape index (κ1) is 28.3. The molecule has 0 bridgehead atoms. The molecule has 40 heavy (non-hydrogen) atoms. The van der Waals surface area contributed by atoms with E-state index in [0.29, 0.717) is 22.7 Å². The number of fused-ring (bicyclic) bond motifs is 2. The summed E-state index contributed by atoms with van der Waals surface area (Å²) < 4.78 is 20.3. The Bertz CT molecular complexity index is 1530. The first-order valence-electron chi connectivity index (χ1n) is 12.3. The molecule has 1 fully saturated rings. The minimum atomic E-state index is -1.55. The van der Waals surface area contributed by atoms with E-state index < -0.39 is 47.2 Å². The van der Waals surface area contributed by atoms with Crippen LogP contribution in [-0.4, -0.2) is 40.1 Å². The number of hydrogen-bond donors (Lipinski definition) is 4. The van der Waals surface area contributed by atoms with Gasteiger partial charge in [0.15, 0.2) is 5.13 Å². The van der Waals surface area contributed by atoms with Crippen molar-refractivity contribution in [3.05, 3.63) is 68.8 Å². The van der Waals surface area contributed by atoms with Crippen LogP contribution in [0.2, 0.25) is 10.0 Å². The molecule has 0 saturated carbocycles. The van der Waals surface area contributed by atoms with Crippen molar-refractivity contribution in [2.24, 2.45) is 5.41 Å². The van der Waals surface area contributed by atoms with Crippen LogP contribution in [0.15, 0.2) is 41.8 Å². The van der Waals surface area contributed by atoms with E-state index in [0.717, 1.165) is 11.3 Å². The fourth-order valence-corrected chi connectivity index (χ4v) is 6.76. The summed E-state index contributed by atoms with van der Waals surface area (Å²) in [6.45, 7) is 6.04. The molecule has 2 aromatic carbocycles. The molecule has 3 heterocycles. The molecule has 0 radical (unpaired) electrons. The second-order valence-corrected chi connectivity index (χ2v) is 12.6. The molecule has 2 aliphatic rings. The third kappa shape index (κ3) is 4.91. The molecule has 0 aliphatic carbocycles. The molecule has 1 aromatic heterocycles. The van der Waals surface area contributed by atoms with E-state index in [4.69, 9.17) is 28.3 Å². The summed E-state index contributed by atoms with van der Waals surface area (Å²) in [6, 6.07) is 7.82. The SMILES string of the molecule is CC(C)(C)C[C@@H]1N[C@@H](C(=O)Nc2nc(OC(=O)O)cs2)[C@H](c2cccc(Cl)c2F)[C@]12C(=O)Nc1cc(Cl)ccc12. The molecule has 4 N–H and O–H groups in total. The van der Waals surface area contributed by atoms with Crippen molar-refractivity contribution < 1.29 is 28.6 Å². The highest BCUT2D eigenvalue weighted by Crippen LogP contribution is 2.57. The Labute approximate surface area is 243 Å². The number of halogens is 3. The van der Waals surface area contributed by atoms with Crippen LogP contribution in [0.4, 0.5) is 20.0 Å². The van der Waals surface area contributed by atoms with Gasteiger partial charge in [0.25, 0.3) is 0 Å². The van der Waals surface area contributed by atoms with Crippen LogP contribution < -0.4 is 20.7 Å². The van der Waals surface area contributed by atoms with Crippen molar-refractivity contribution in [3.8, 4) is 5.88 Å². The molecule has 210 valence electrons. The number of nitrogens with zero attached hydrogens (tertiary/aromatic N) is 1. The second kappa shape index (κ2) is 10.3. The number of ether oxygens (including phenoxy) is 1. The van der Waals surface area contributed by atoms with Gasteiger partial charge in [-0.2, -0.15) is 4.98 Å². The van der Waals surface area contributed by atoms with E-state index in [9.17, 15) is 14.4 Å². The average molecular weight is 607 g/mol. The lowest BCUT2D eigenvalue weighted by Gasteiger charge is -2.37. The summed E-state index contributed by atoms with van der Waals surface area (Å²) in [5.41, 5.74) is -0.511. The quantitative estimate of drug-likeness (QED) is 0.261. The highest BCUT2D eigenvalue weighted by molar-refractivity contribution is 7.14. The number of carbonyl (C=O) groups excluding carboxylic acids is 2. The van der Waals surface area contributed by atoms with Gasteiger partial charge >= 0.3 is 6.16 Å². The monoisotopic (exact) mass is 606 g/mol. The smallest absolute Gasteiger partial charge is 0.449 e. The van der Waals surface area contributed by atoms with Crippen molar-refractivity contribution in [1.82, 2.24) is 10.3 Å². The van der Waals surface area contributed by atoms with Crippen molar-refractivity contribution in [2.45, 2.75) is 50.6 Å².